The van der Waals surface area contributed by atoms with E-state index in [0.717, 1.165) is 31.8 Å². The first kappa shape index (κ1) is 18.5. The van der Waals surface area contributed by atoms with E-state index in [2.05, 4.69) is 64.1 Å². The molecule has 0 atom stereocenters. The minimum Gasteiger partial charge on any atom is -0.394 e. The van der Waals surface area contributed by atoms with Gasteiger partial charge in [0.15, 0.2) is 0 Å². The second kappa shape index (κ2) is 8.85. The van der Waals surface area contributed by atoms with Gasteiger partial charge in [0.25, 0.3) is 0 Å². The molecule has 0 fully saturated rings. The molecule has 5 nitrogen and oxygen atoms in total. The van der Waals surface area contributed by atoms with Crippen molar-refractivity contribution >= 4 is 16.6 Å². The molecule has 1 heterocycles. The Bertz CT molecular complexity index is 673. The van der Waals surface area contributed by atoms with E-state index in [-0.39, 0.29) is 0 Å². The number of hydrogen-bond donors (Lipinski definition) is 0. The van der Waals surface area contributed by atoms with Gasteiger partial charge in [-0.25, -0.2) is 0 Å². The molecule has 0 aliphatic heterocycles. The molecule has 1 aromatic heterocycles. The minimum atomic E-state index is 0.620. The van der Waals surface area contributed by atoms with Gasteiger partial charge in [0.05, 0.1) is 5.71 Å². The predicted octanol–water partition coefficient (Wildman–Crippen LogP) is 2.70. The van der Waals surface area contributed by atoms with E-state index < -0.39 is 0 Å². The van der Waals surface area contributed by atoms with Crippen LogP contribution in [0.25, 0.3) is 10.9 Å². The molecule has 0 saturated heterocycles. The lowest BCUT2D eigenvalue weighted by atomic mass is 10.1. The van der Waals surface area contributed by atoms with E-state index in [1.54, 1.807) is 0 Å². The first-order valence-corrected chi connectivity index (χ1v) is 8.49. The Hall–Kier alpha value is -1.85. The molecule has 2 aromatic rings. The Balaban J connectivity index is 2.09. The highest BCUT2D eigenvalue weighted by Crippen LogP contribution is 2.22. The van der Waals surface area contributed by atoms with Gasteiger partial charge in [-0.2, -0.15) is 0 Å². The predicted molar refractivity (Wildman–Crippen MR) is 102 cm³/mol. The van der Waals surface area contributed by atoms with E-state index in [4.69, 9.17) is 4.84 Å². The average Bonchev–Trinajstić information content (AvgIpc) is 2.87. The van der Waals surface area contributed by atoms with Crippen molar-refractivity contribution in [3.05, 3.63) is 36.0 Å². The molecule has 5 heteroatoms. The Kier molecular flexibility index (Phi) is 6.82. The summed E-state index contributed by atoms with van der Waals surface area (Å²) in [5.74, 6) is 0. The third-order valence-electron chi connectivity index (χ3n) is 3.96. The van der Waals surface area contributed by atoms with Gasteiger partial charge in [-0.05, 0) is 46.7 Å². The maximum atomic E-state index is 5.41. The molecule has 0 amide bonds. The summed E-state index contributed by atoms with van der Waals surface area (Å²) < 4.78 is 2.34. The topological polar surface area (TPSA) is 33.0 Å². The first-order chi connectivity index (χ1) is 11.5. The SMILES string of the molecule is CC(Cc1cn(CCN(C)C)c2ccccc12)=NOCCN(C)C. The molecule has 0 bridgehead atoms. The molecule has 0 aliphatic rings. The maximum Gasteiger partial charge on any atom is 0.129 e. The number of hydrogen-bond acceptors (Lipinski definition) is 4. The van der Waals surface area contributed by atoms with Crippen molar-refractivity contribution in [3.8, 4) is 0 Å². The second-order valence-electron chi connectivity index (χ2n) is 6.81. The summed E-state index contributed by atoms with van der Waals surface area (Å²) >= 11 is 0. The van der Waals surface area contributed by atoms with Crippen molar-refractivity contribution < 1.29 is 4.84 Å². The number of aromatic nitrogens is 1. The summed E-state index contributed by atoms with van der Waals surface area (Å²) in [6.45, 7) is 5.54. The van der Waals surface area contributed by atoms with Crippen LogP contribution >= 0.6 is 0 Å². The molecule has 1 aromatic carbocycles. The van der Waals surface area contributed by atoms with Crippen molar-refractivity contribution in [2.24, 2.45) is 5.16 Å². The monoisotopic (exact) mass is 330 g/mol. The molecule has 24 heavy (non-hydrogen) atoms. The standard InChI is InChI=1S/C19H30N4O/c1-16(20-24-13-12-22(4)5)14-17-15-23(11-10-21(2)3)19-9-7-6-8-18(17)19/h6-9,15H,10-14H2,1-5H3. The van der Waals surface area contributed by atoms with Crippen LogP contribution in [0.15, 0.2) is 35.6 Å². The van der Waals surface area contributed by atoms with Crippen molar-refractivity contribution in [1.82, 2.24) is 14.4 Å². The summed E-state index contributed by atoms with van der Waals surface area (Å²) in [6.07, 6.45) is 3.07. The van der Waals surface area contributed by atoms with Crippen molar-refractivity contribution in [2.75, 3.05) is 47.9 Å². The number of nitrogens with zero attached hydrogens (tertiary/aromatic N) is 4. The van der Waals surface area contributed by atoms with E-state index >= 15 is 0 Å². The second-order valence-corrected chi connectivity index (χ2v) is 6.81. The number of likely N-dealkylation sites (N-methyl/N-ethyl adjacent to an activating group) is 2. The zero-order valence-corrected chi connectivity index (χ0v) is 15.6. The van der Waals surface area contributed by atoms with Gasteiger partial charge >= 0.3 is 0 Å². The van der Waals surface area contributed by atoms with Gasteiger partial charge < -0.3 is 19.2 Å². The summed E-state index contributed by atoms with van der Waals surface area (Å²) in [5.41, 5.74) is 3.60. The fourth-order valence-corrected chi connectivity index (χ4v) is 2.64. The molecular weight excluding hydrogens is 300 g/mol. The van der Waals surface area contributed by atoms with Gasteiger partial charge in [0, 0.05) is 43.2 Å². The highest BCUT2D eigenvalue weighted by molar-refractivity contribution is 5.91. The molecule has 0 radical (unpaired) electrons. The summed E-state index contributed by atoms with van der Waals surface area (Å²) in [5, 5.41) is 5.56. The smallest absolute Gasteiger partial charge is 0.129 e. The lowest BCUT2D eigenvalue weighted by Crippen LogP contribution is -2.18. The largest absolute Gasteiger partial charge is 0.394 e. The molecule has 0 unspecified atom stereocenters. The Morgan fingerprint density at radius 3 is 2.50 bits per heavy atom. The number of fused-ring (bicyclic) bond motifs is 1. The fraction of sp³-hybridized carbons (Fsp3) is 0.526. The minimum absolute atomic E-state index is 0.620. The van der Waals surface area contributed by atoms with E-state index in [1.165, 1.54) is 16.5 Å². The van der Waals surface area contributed by atoms with Gasteiger partial charge in [-0.15, -0.1) is 0 Å². The van der Waals surface area contributed by atoms with Crippen LogP contribution < -0.4 is 0 Å². The van der Waals surface area contributed by atoms with Crippen LogP contribution in [-0.2, 0) is 17.8 Å². The van der Waals surface area contributed by atoms with Crippen molar-refractivity contribution in [1.29, 1.82) is 0 Å². The third kappa shape index (κ3) is 5.35. The van der Waals surface area contributed by atoms with E-state index in [9.17, 15) is 0 Å². The average molecular weight is 330 g/mol. The van der Waals surface area contributed by atoms with Gasteiger partial charge in [-0.3, -0.25) is 0 Å². The van der Waals surface area contributed by atoms with Crippen LogP contribution in [0.1, 0.15) is 12.5 Å². The molecule has 0 spiro atoms. The van der Waals surface area contributed by atoms with Crippen molar-refractivity contribution in [3.63, 3.8) is 0 Å². The zero-order chi connectivity index (χ0) is 17.5. The highest BCUT2D eigenvalue weighted by Gasteiger charge is 2.09. The van der Waals surface area contributed by atoms with Crippen LogP contribution in [0.4, 0.5) is 0 Å². The molecule has 132 valence electrons. The number of para-hydroxylation sites is 1. The molecular formula is C19H30N4O. The molecule has 0 N–H and O–H groups in total. The highest BCUT2D eigenvalue weighted by atomic mass is 16.6. The van der Waals surface area contributed by atoms with Gasteiger partial charge in [0.2, 0.25) is 0 Å². The van der Waals surface area contributed by atoms with Gasteiger partial charge in [-0.1, -0.05) is 23.4 Å². The van der Waals surface area contributed by atoms with E-state index in [0.29, 0.717) is 6.61 Å². The van der Waals surface area contributed by atoms with Crippen LogP contribution in [0.3, 0.4) is 0 Å². The Morgan fingerprint density at radius 1 is 1.08 bits per heavy atom. The first-order valence-electron chi connectivity index (χ1n) is 8.49. The number of rotatable bonds is 9. The summed E-state index contributed by atoms with van der Waals surface area (Å²) in [4.78, 5) is 9.70. The zero-order valence-electron chi connectivity index (χ0n) is 15.6. The Labute approximate surface area is 145 Å². The third-order valence-corrected chi connectivity index (χ3v) is 3.96. The molecule has 0 aliphatic carbocycles. The number of benzene rings is 1. The molecule has 2 rings (SSSR count). The lowest BCUT2D eigenvalue weighted by molar-refractivity contribution is 0.125. The normalized spacial score (nSPS) is 12.5. The maximum absolute atomic E-state index is 5.41. The number of oxime groups is 1. The van der Waals surface area contributed by atoms with Crippen LogP contribution in [0.5, 0.6) is 0 Å². The summed E-state index contributed by atoms with van der Waals surface area (Å²) in [7, 11) is 8.27. The molecule has 0 saturated carbocycles. The van der Waals surface area contributed by atoms with Gasteiger partial charge in [0.1, 0.15) is 6.61 Å². The lowest BCUT2D eigenvalue weighted by Gasteiger charge is -2.10. The van der Waals surface area contributed by atoms with Crippen LogP contribution in [-0.4, -0.2) is 68.0 Å². The van der Waals surface area contributed by atoms with Crippen molar-refractivity contribution in [2.45, 2.75) is 19.9 Å². The Morgan fingerprint density at radius 2 is 1.79 bits per heavy atom. The van der Waals surface area contributed by atoms with Crippen LogP contribution in [0, 0.1) is 0 Å². The van der Waals surface area contributed by atoms with E-state index in [1.807, 2.05) is 21.0 Å². The fourth-order valence-electron chi connectivity index (χ4n) is 2.64. The van der Waals surface area contributed by atoms with Crippen LogP contribution in [0.2, 0.25) is 0 Å². The quantitative estimate of drug-likeness (QED) is 0.403. The summed E-state index contributed by atoms with van der Waals surface area (Å²) in [6, 6.07) is 8.58.